The van der Waals surface area contributed by atoms with E-state index in [1.54, 1.807) is 7.11 Å². The van der Waals surface area contributed by atoms with Crippen LogP contribution in [0.1, 0.15) is 44.2 Å². The Morgan fingerprint density at radius 2 is 2.00 bits per heavy atom. The van der Waals surface area contributed by atoms with Crippen LogP contribution in [-0.2, 0) is 5.54 Å². The lowest BCUT2D eigenvalue weighted by Crippen LogP contribution is -2.54. The van der Waals surface area contributed by atoms with Gasteiger partial charge in [-0.2, -0.15) is 0 Å². The predicted molar refractivity (Wildman–Crippen MR) is 109 cm³/mol. The number of likely N-dealkylation sites (tertiary alicyclic amines) is 1. The molecule has 28 heavy (non-hydrogen) atoms. The number of aromatic nitrogens is 1. The van der Waals surface area contributed by atoms with Crippen LogP contribution in [-0.4, -0.2) is 41.7 Å². The average molecular weight is 380 g/mol. The van der Waals surface area contributed by atoms with Crippen LogP contribution < -0.4 is 15.4 Å². The summed E-state index contributed by atoms with van der Waals surface area (Å²) >= 11 is 0. The normalized spacial score (nSPS) is 20.4. The predicted octanol–water partition coefficient (Wildman–Crippen LogP) is 3.85. The molecule has 1 saturated carbocycles. The fourth-order valence-electron chi connectivity index (χ4n) is 5.06. The third-order valence-corrected chi connectivity index (χ3v) is 6.66. The topological polar surface area (TPSA) is 58.5 Å². The molecule has 2 fully saturated rings. The zero-order valence-corrected chi connectivity index (χ0v) is 16.4. The molecule has 0 atom stereocenters. The molecular weight excluding hydrogens is 352 g/mol. The smallest absolute Gasteiger partial charge is 0.317 e. The number of amides is 2. The van der Waals surface area contributed by atoms with Crippen molar-refractivity contribution in [3.05, 3.63) is 42.2 Å². The zero-order chi connectivity index (χ0) is 19.1. The first-order valence-electron chi connectivity index (χ1n) is 10.4. The fourth-order valence-corrected chi connectivity index (χ4v) is 5.06. The van der Waals surface area contributed by atoms with Gasteiger partial charge >= 0.3 is 6.03 Å². The molecule has 148 valence electrons. The number of benzene rings is 1. The minimum Gasteiger partial charge on any atom is -0.497 e. The number of carbonyl (C=O) groups is 1. The number of urea groups is 1. The lowest BCUT2D eigenvalue weighted by Gasteiger charge is -2.46. The maximum Gasteiger partial charge on any atom is 0.317 e. The van der Waals surface area contributed by atoms with Crippen LogP contribution >= 0.6 is 0 Å². The van der Waals surface area contributed by atoms with Crippen LogP contribution in [0.2, 0.25) is 0 Å². The number of rotatable bonds is 2. The van der Waals surface area contributed by atoms with E-state index in [2.05, 4.69) is 45.7 Å². The van der Waals surface area contributed by atoms with E-state index in [0.717, 1.165) is 55.9 Å². The molecule has 3 heterocycles. The van der Waals surface area contributed by atoms with E-state index in [1.165, 1.54) is 18.5 Å². The van der Waals surface area contributed by atoms with Gasteiger partial charge in [0.05, 0.1) is 24.0 Å². The molecule has 0 bridgehead atoms. The molecule has 1 saturated heterocycles. The number of methoxy groups -OCH3 is 1. The van der Waals surface area contributed by atoms with Gasteiger partial charge in [-0.05, 0) is 49.9 Å². The van der Waals surface area contributed by atoms with Gasteiger partial charge in [-0.25, -0.2) is 4.79 Å². The molecule has 6 nitrogen and oxygen atoms in total. The summed E-state index contributed by atoms with van der Waals surface area (Å²) in [5.74, 6) is 0.852. The largest absolute Gasteiger partial charge is 0.497 e. The van der Waals surface area contributed by atoms with Gasteiger partial charge in [0.25, 0.3) is 0 Å². The highest BCUT2D eigenvalue weighted by Gasteiger charge is 2.42. The summed E-state index contributed by atoms with van der Waals surface area (Å²) in [6.45, 7) is 1.52. The van der Waals surface area contributed by atoms with Gasteiger partial charge in [0.15, 0.2) is 0 Å². The minimum absolute atomic E-state index is 0.106. The van der Waals surface area contributed by atoms with Crippen LogP contribution in [0.25, 0.3) is 5.69 Å². The Bertz CT molecular complexity index is 876. The molecule has 5 rings (SSSR count). The summed E-state index contributed by atoms with van der Waals surface area (Å²) in [6, 6.07) is 11.0. The lowest BCUT2D eigenvalue weighted by molar-refractivity contribution is 0.160. The summed E-state index contributed by atoms with van der Waals surface area (Å²) in [7, 11) is 1.70. The molecular formula is C22H28N4O2. The molecule has 2 N–H and O–H groups in total. The van der Waals surface area contributed by atoms with Crippen molar-refractivity contribution in [2.75, 3.05) is 25.5 Å². The Morgan fingerprint density at radius 1 is 1.21 bits per heavy atom. The number of nitrogens with zero attached hydrogens (tertiary/aromatic N) is 2. The van der Waals surface area contributed by atoms with E-state index >= 15 is 0 Å². The van der Waals surface area contributed by atoms with Gasteiger partial charge < -0.3 is 24.8 Å². The highest BCUT2D eigenvalue weighted by molar-refractivity contribution is 5.75. The summed E-state index contributed by atoms with van der Waals surface area (Å²) in [4.78, 5) is 14.7. The van der Waals surface area contributed by atoms with Gasteiger partial charge in [0.2, 0.25) is 0 Å². The van der Waals surface area contributed by atoms with Crippen molar-refractivity contribution in [2.24, 2.45) is 0 Å². The number of fused-ring (bicyclic) bond motifs is 4. The van der Waals surface area contributed by atoms with Crippen LogP contribution in [0, 0.1) is 0 Å². The first-order chi connectivity index (χ1) is 13.7. The highest BCUT2D eigenvalue weighted by Crippen LogP contribution is 2.44. The van der Waals surface area contributed by atoms with Gasteiger partial charge in [0, 0.05) is 37.1 Å². The van der Waals surface area contributed by atoms with Gasteiger partial charge in [-0.15, -0.1) is 0 Å². The Kier molecular flexibility index (Phi) is 4.22. The maximum atomic E-state index is 12.7. The summed E-state index contributed by atoms with van der Waals surface area (Å²) in [5, 5.41) is 7.03. The van der Waals surface area contributed by atoms with E-state index in [9.17, 15) is 4.79 Å². The zero-order valence-electron chi connectivity index (χ0n) is 16.4. The number of hydrogen-bond donors (Lipinski definition) is 2. The molecule has 0 radical (unpaired) electrons. The van der Waals surface area contributed by atoms with Crippen LogP contribution in [0.15, 0.2) is 36.5 Å². The molecule has 2 aliphatic heterocycles. The Labute approximate surface area is 165 Å². The molecule has 6 heteroatoms. The third-order valence-electron chi connectivity index (χ3n) is 6.66. The van der Waals surface area contributed by atoms with Crippen LogP contribution in [0.4, 0.5) is 10.5 Å². The second-order valence-electron chi connectivity index (χ2n) is 8.27. The van der Waals surface area contributed by atoms with Crippen molar-refractivity contribution in [3.63, 3.8) is 0 Å². The van der Waals surface area contributed by atoms with E-state index in [-0.39, 0.29) is 11.6 Å². The number of ether oxygens (including phenoxy) is 1. The van der Waals surface area contributed by atoms with Gasteiger partial charge in [-0.3, -0.25) is 0 Å². The summed E-state index contributed by atoms with van der Waals surface area (Å²) in [5.41, 5.74) is 3.37. The Morgan fingerprint density at radius 3 is 2.75 bits per heavy atom. The first-order valence-corrected chi connectivity index (χ1v) is 10.4. The number of piperidine rings is 1. The van der Waals surface area contributed by atoms with Crippen LogP contribution in [0.5, 0.6) is 5.75 Å². The van der Waals surface area contributed by atoms with Gasteiger partial charge in [-0.1, -0.05) is 12.8 Å². The van der Waals surface area contributed by atoms with E-state index in [1.807, 2.05) is 11.0 Å². The lowest BCUT2D eigenvalue weighted by atomic mass is 9.82. The number of carbonyl (C=O) groups excluding carboxylic acids is 1. The van der Waals surface area contributed by atoms with Crippen molar-refractivity contribution in [1.29, 1.82) is 0 Å². The average Bonchev–Trinajstić information content (AvgIpc) is 3.40. The molecule has 1 spiro atoms. The van der Waals surface area contributed by atoms with E-state index < -0.39 is 0 Å². The van der Waals surface area contributed by atoms with E-state index in [4.69, 9.17) is 4.74 Å². The molecule has 2 amide bonds. The van der Waals surface area contributed by atoms with Crippen molar-refractivity contribution in [2.45, 2.75) is 50.1 Å². The van der Waals surface area contributed by atoms with Gasteiger partial charge in [0.1, 0.15) is 5.75 Å². The third kappa shape index (κ3) is 2.82. The number of anilines is 1. The van der Waals surface area contributed by atoms with Crippen molar-refractivity contribution >= 4 is 11.7 Å². The summed E-state index contributed by atoms with van der Waals surface area (Å²) < 4.78 is 7.70. The first kappa shape index (κ1) is 17.5. The monoisotopic (exact) mass is 380 g/mol. The van der Waals surface area contributed by atoms with E-state index in [0.29, 0.717) is 6.04 Å². The molecule has 3 aliphatic rings. The minimum atomic E-state index is -0.146. The van der Waals surface area contributed by atoms with Crippen LogP contribution in [0.3, 0.4) is 0 Å². The second-order valence-corrected chi connectivity index (χ2v) is 8.27. The van der Waals surface area contributed by atoms with Crippen molar-refractivity contribution < 1.29 is 9.53 Å². The second kappa shape index (κ2) is 6.76. The molecule has 1 aromatic carbocycles. The Hall–Kier alpha value is -2.63. The number of nitrogens with one attached hydrogen (secondary N) is 2. The number of hydrogen-bond acceptors (Lipinski definition) is 3. The molecule has 0 unspecified atom stereocenters. The summed E-state index contributed by atoms with van der Waals surface area (Å²) in [6.07, 6.45) is 8.63. The molecule has 2 aromatic rings. The standard InChI is InChI=1S/C22H28N4O2/c1-28-17-8-9-19-18(15-17)24-22(20-7-4-12-26(19)20)10-13-25(14-11-22)21(27)23-16-5-2-3-6-16/h4,7-9,12,15-16,24H,2-3,5-6,10-11,13-14H2,1H3,(H,23,27). The fraction of sp³-hybridized carbons (Fsp3) is 0.500. The SMILES string of the molecule is COc1ccc2c(c1)NC1(CCN(C(=O)NC3CCCC3)CC1)c1cccn1-2. The van der Waals surface area contributed by atoms with Crippen molar-refractivity contribution in [3.8, 4) is 11.4 Å². The quantitative estimate of drug-likeness (QED) is 0.832. The molecule has 1 aliphatic carbocycles. The molecule has 1 aromatic heterocycles. The Balaban J connectivity index is 1.36. The highest BCUT2D eigenvalue weighted by atomic mass is 16.5. The van der Waals surface area contributed by atoms with Crippen molar-refractivity contribution in [1.82, 2.24) is 14.8 Å². The maximum absolute atomic E-state index is 12.7.